The average molecular weight is 375 g/mol. The number of anilines is 2. The number of rotatable bonds is 3. The topological polar surface area (TPSA) is 67.2 Å². The van der Waals surface area contributed by atoms with E-state index >= 15 is 0 Å². The fraction of sp³-hybridized carbons (Fsp3) is 0.421. The molecule has 26 heavy (non-hydrogen) atoms. The lowest BCUT2D eigenvalue weighted by Crippen LogP contribution is -2.28. The monoisotopic (exact) mass is 374 g/mol. The van der Waals surface area contributed by atoms with Crippen molar-refractivity contribution < 1.29 is 9.59 Å². The van der Waals surface area contributed by atoms with Crippen molar-refractivity contribution in [2.75, 3.05) is 16.8 Å². The van der Waals surface area contributed by atoms with Crippen LogP contribution in [0.15, 0.2) is 30.3 Å². The van der Waals surface area contributed by atoms with Crippen LogP contribution < -0.4 is 10.2 Å². The summed E-state index contributed by atoms with van der Waals surface area (Å²) in [6, 6.07) is 8.98. The third-order valence-electron chi connectivity index (χ3n) is 4.52. The van der Waals surface area contributed by atoms with Crippen LogP contribution in [0.2, 0.25) is 5.02 Å². The summed E-state index contributed by atoms with van der Waals surface area (Å²) < 4.78 is 1.66. The molecule has 2 amide bonds. The van der Waals surface area contributed by atoms with Gasteiger partial charge in [0.2, 0.25) is 11.8 Å². The predicted molar refractivity (Wildman–Crippen MR) is 102 cm³/mol. The quantitative estimate of drug-likeness (QED) is 0.895. The molecule has 138 valence electrons. The Morgan fingerprint density at radius 1 is 1.31 bits per heavy atom. The molecule has 1 aliphatic rings. The standard InChI is InChI=1S/C19H23ClN4O2/c1-19(2,3)15-10-16(23(4)22-15)21-18(26)12-8-17(25)24(11-12)14-7-5-6-13(20)9-14/h5-7,9-10,12H,8,11H2,1-4H3,(H,21,26). The molecule has 2 heterocycles. The van der Waals surface area contributed by atoms with Crippen molar-refractivity contribution in [3.05, 3.63) is 41.0 Å². The van der Waals surface area contributed by atoms with Gasteiger partial charge in [-0.3, -0.25) is 14.3 Å². The number of carbonyl (C=O) groups is 2. The average Bonchev–Trinajstić information content (AvgIpc) is 3.11. The Balaban J connectivity index is 1.72. The Kier molecular flexibility index (Phi) is 4.80. The molecule has 1 aliphatic heterocycles. The van der Waals surface area contributed by atoms with Crippen molar-refractivity contribution in [2.24, 2.45) is 13.0 Å². The maximum atomic E-state index is 12.7. The highest BCUT2D eigenvalue weighted by molar-refractivity contribution is 6.31. The molecular weight excluding hydrogens is 352 g/mol. The van der Waals surface area contributed by atoms with Gasteiger partial charge in [0.05, 0.1) is 11.6 Å². The van der Waals surface area contributed by atoms with E-state index < -0.39 is 5.92 Å². The Labute approximate surface area is 158 Å². The van der Waals surface area contributed by atoms with Gasteiger partial charge in [-0.2, -0.15) is 5.10 Å². The van der Waals surface area contributed by atoms with E-state index in [1.165, 1.54) is 0 Å². The van der Waals surface area contributed by atoms with Crippen LogP contribution in [0.1, 0.15) is 32.9 Å². The first kappa shape index (κ1) is 18.5. The molecular formula is C19H23ClN4O2. The molecule has 1 fully saturated rings. The Hall–Kier alpha value is -2.34. The zero-order chi connectivity index (χ0) is 19.1. The van der Waals surface area contributed by atoms with E-state index in [1.54, 1.807) is 34.8 Å². The Bertz CT molecular complexity index is 853. The zero-order valence-electron chi connectivity index (χ0n) is 15.4. The van der Waals surface area contributed by atoms with E-state index in [-0.39, 0.29) is 23.7 Å². The second kappa shape index (κ2) is 6.76. The molecule has 2 aromatic rings. The van der Waals surface area contributed by atoms with Gasteiger partial charge in [0, 0.05) is 42.2 Å². The van der Waals surface area contributed by atoms with Gasteiger partial charge >= 0.3 is 0 Å². The van der Waals surface area contributed by atoms with Gasteiger partial charge in [0.15, 0.2) is 0 Å². The van der Waals surface area contributed by atoms with Gasteiger partial charge < -0.3 is 10.2 Å². The van der Waals surface area contributed by atoms with Crippen LogP contribution in [0.4, 0.5) is 11.5 Å². The minimum absolute atomic E-state index is 0.0761. The lowest BCUT2D eigenvalue weighted by Gasteiger charge is -2.17. The predicted octanol–water partition coefficient (Wildman–Crippen LogP) is 3.36. The highest BCUT2D eigenvalue weighted by atomic mass is 35.5. The van der Waals surface area contributed by atoms with Crippen LogP contribution >= 0.6 is 11.6 Å². The highest BCUT2D eigenvalue weighted by Gasteiger charge is 2.35. The van der Waals surface area contributed by atoms with E-state index in [4.69, 9.17) is 11.6 Å². The van der Waals surface area contributed by atoms with Gasteiger partial charge in [-0.1, -0.05) is 38.4 Å². The Morgan fingerprint density at radius 2 is 2.04 bits per heavy atom. The minimum atomic E-state index is -0.408. The van der Waals surface area contributed by atoms with Crippen LogP contribution in [0, 0.1) is 5.92 Å². The number of halogens is 1. The summed E-state index contributed by atoms with van der Waals surface area (Å²) in [7, 11) is 1.79. The largest absolute Gasteiger partial charge is 0.312 e. The number of hydrogen-bond acceptors (Lipinski definition) is 3. The number of aryl methyl sites for hydroxylation is 1. The van der Waals surface area contributed by atoms with Gasteiger partial charge in [-0.25, -0.2) is 0 Å². The number of benzene rings is 1. The number of aromatic nitrogens is 2. The first-order valence-corrected chi connectivity index (χ1v) is 8.94. The molecule has 0 bridgehead atoms. The lowest BCUT2D eigenvalue weighted by molar-refractivity contribution is -0.122. The molecule has 1 unspecified atom stereocenters. The van der Waals surface area contributed by atoms with Crippen molar-refractivity contribution >= 4 is 34.9 Å². The lowest BCUT2D eigenvalue weighted by atomic mass is 9.92. The molecule has 0 radical (unpaired) electrons. The molecule has 0 spiro atoms. The summed E-state index contributed by atoms with van der Waals surface area (Å²) >= 11 is 6.01. The van der Waals surface area contributed by atoms with Gasteiger partial charge in [0.25, 0.3) is 0 Å². The van der Waals surface area contributed by atoms with E-state index in [0.29, 0.717) is 23.1 Å². The number of carbonyl (C=O) groups excluding carboxylic acids is 2. The van der Waals surface area contributed by atoms with Crippen molar-refractivity contribution in [3.63, 3.8) is 0 Å². The van der Waals surface area contributed by atoms with E-state index in [9.17, 15) is 9.59 Å². The molecule has 3 rings (SSSR count). The van der Waals surface area contributed by atoms with Crippen molar-refractivity contribution in [2.45, 2.75) is 32.6 Å². The zero-order valence-corrected chi connectivity index (χ0v) is 16.2. The maximum absolute atomic E-state index is 12.7. The third-order valence-corrected chi connectivity index (χ3v) is 4.75. The van der Waals surface area contributed by atoms with Crippen LogP contribution in [-0.2, 0) is 22.1 Å². The fourth-order valence-corrected chi connectivity index (χ4v) is 3.14. The second-order valence-corrected chi connectivity index (χ2v) is 8.10. The number of hydrogen-bond donors (Lipinski definition) is 1. The summed E-state index contributed by atoms with van der Waals surface area (Å²) in [6.07, 6.45) is 0.183. The molecule has 1 atom stereocenters. The summed E-state index contributed by atoms with van der Waals surface area (Å²) in [6.45, 7) is 6.55. The fourth-order valence-electron chi connectivity index (χ4n) is 2.96. The van der Waals surface area contributed by atoms with Crippen LogP contribution in [0.25, 0.3) is 0 Å². The van der Waals surface area contributed by atoms with Gasteiger partial charge in [-0.05, 0) is 18.2 Å². The first-order chi connectivity index (χ1) is 12.1. The molecule has 1 N–H and O–H groups in total. The SMILES string of the molecule is Cn1nc(C(C)(C)C)cc1NC(=O)C1CC(=O)N(c2cccc(Cl)c2)C1. The van der Waals surface area contributed by atoms with Gasteiger partial charge in [0.1, 0.15) is 5.82 Å². The molecule has 6 nitrogen and oxygen atoms in total. The van der Waals surface area contributed by atoms with E-state index in [1.807, 2.05) is 12.1 Å². The van der Waals surface area contributed by atoms with Crippen LogP contribution in [0.3, 0.4) is 0 Å². The molecule has 1 saturated heterocycles. The summed E-state index contributed by atoms with van der Waals surface area (Å²) in [4.78, 5) is 26.6. The number of amides is 2. The Morgan fingerprint density at radius 3 is 2.65 bits per heavy atom. The third kappa shape index (κ3) is 3.75. The van der Waals surface area contributed by atoms with Crippen LogP contribution in [0.5, 0.6) is 0 Å². The maximum Gasteiger partial charge on any atom is 0.230 e. The summed E-state index contributed by atoms with van der Waals surface area (Å²) in [5.41, 5.74) is 1.51. The minimum Gasteiger partial charge on any atom is -0.312 e. The normalized spacial score (nSPS) is 17.7. The molecule has 0 saturated carbocycles. The van der Waals surface area contributed by atoms with Crippen molar-refractivity contribution in [1.82, 2.24) is 9.78 Å². The molecule has 0 aliphatic carbocycles. The highest BCUT2D eigenvalue weighted by Crippen LogP contribution is 2.28. The second-order valence-electron chi connectivity index (χ2n) is 7.66. The molecule has 1 aromatic carbocycles. The number of nitrogens with one attached hydrogen (secondary N) is 1. The van der Waals surface area contributed by atoms with Crippen molar-refractivity contribution in [1.29, 1.82) is 0 Å². The number of nitrogens with zero attached hydrogens (tertiary/aromatic N) is 3. The summed E-state index contributed by atoms with van der Waals surface area (Å²) in [5, 5.41) is 7.93. The molecule has 1 aromatic heterocycles. The smallest absolute Gasteiger partial charge is 0.230 e. The van der Waals surface area contributed by atoms with Gasteiger partial charge in [-0.15, -0.1) is 0 Å². The first-order valence-electron chi connectivity index (χ1n) is 8.56. The summed E-state index contributed by atoms with van der Waals surface area (Å²) in [5.74, 6) is -0.0258. The molecule has 7 heteroatoms. The van der Waals surface area contributed by atoms with Crippen molar-refractivity contribution in [3.8, 4) is 0 Å². The van der Waals surface area contributed by atoms with E-state index in [0.717, 1.165) is 5.69 Å². The van der Waals surface area contributed by atoms with E-state index in [2.05, 4.69) is 31.2 Å². The van der Waals surface area contributed by atoms with Crippen LogP contribution in [-0.4, -0.2) is 28.1 Å².